The minimum atomic E-state index is -4.44. The molecule has 1 N–H and O–H groups in total. The van der Waals surface area contributed by atoms with Crippen LogP contribution in [0.2, 0.25) is 0 Å². The van der Waals surface area contributed by atoms with Crippen molar-refractivity contribution in [2.45, 2.75) is 12.7 Å². The summed E-state index contributed by atoms with van der Waals surface area (Å²) in [6.45, 7) is -1.38. The van der Waals surface area contributed by atoms with Crippen LogP contribution < -0.4 is 10.1 Å². The molecule has 2 aromatic rings. The molecule has 0 fully saturated rings. The lowest BCUT2D eigenvalue weighted by atomic mass is 10.2. The van der Waals surface area contributed by atoms with Crippen LogP contribution in [-0.4, -0.2) is 23.7 Å². The molecule has 0 bridgehead atoms. The molecule has 0 aliphatic rings. The van der Waals surface area contributed by atoms with E-state index in [0.29, 0.717) is 11.1 Å². The SMILES string of the molecule is O=C(NCc1cccnc1OCC(F)(F)F)c1ccsc1. The third-order valence-electron chi connectivity index (χ3n) is 2.45. The minimum absolute atomic E-state index is 0.0374. The van der Waals surface area contributed by atoms with Crippen molar-refractivity contribution < 1.29 is 22.7 Å². The van der Waals surface area contributed by atoms with Crippen LogP contribution in [0.15, 0.2) is 35.2 Å². The first-order chi connectivity index (χ1) is 9.96. The van der Waals surface area contributed by atoms with Crippen LogP contribution >= 0.6 is 11.3 Å². The van der Waals surface area contributed by atoms with Gasteiger partial charge < -0.3 is 10.1 Å². The quantitative estimate of drug-likeness (QED) is 0.922. The molecule has 0 atom stereocenters. The number of rotatable bonds is 5. The smallest absolute Gasteiger partial charge is 0.422 e. The second-order valence-electron chi connectivity index (χ2n) is 4.07. The van der Waals surface area contributed by atoms with Crippen molar-refractivity contribution in [1.29, 1.82) is 0 Å². The summed E-state index contributed by atoms with van der Waals surface area (Å²) in [5.74, 6) is -0.442. The standard InChI is InChI=1S/C13H11F3N2O2S/c14-13(15,16)8-20-12-9(2-1-4-17-12)6-18-11(19)10-3-5-21-7-10/h1-5,7H,6,8H2,(H,18,19). The highest BCUT2D eigenvalue weighted by molar-refractivity contribution is 7.08. The zero-order valence-electron chi connectivity index (χ0n) is 10.7. The average molecular weight is 316 g/mol. The van der Waals surface area contributed by atoms with Gasteiger partial charge in [0.15, 0.2) is 6.61 Å². The van der Waals surface area contributed by atoms with Crippen molar-refractivity contribution >= 4 is 17.2 Å². The van der Waals surface area contributed by atoms with E-state index in [-0.39, 0.29) is 18.3 Å². The summed E-state index contributed by atoms with van der Waals surface area (Å²) < 4.78 is 41.1. The first-order valence-electron chi connectivity index (χ1n) is 5.89. The van der Waals surface area contributed by atoms with Gasteiger partial charge in [-0.05, 0) is 17.5 Å². The Balaban J connectivity index is 1.98. The number of carbonyl (C=O) groups excluding carboxylic acids is 1. The molecule has 4 nitrogen and oxygen atoms in total. The number of aromatic nitrogens is 1. The van der Waals surface area contributed by atoms with Gasteiger partial charge in [0.25, 0.3) is 5.91 Å². The summed E-state index contributed by atoms with van der Waals surface area (Å²) in [4.78, 5) is 15.5. The molecule has 0 unspecified atom stereocenters. The van der Waals surface area contributed by atoms with Gasteiger partial charge in [-0.2, -0.15) is 24.5 Å². The number of thiophene rings is 1. The molecule has 112 valence electrons. The molecular weight excluding hydrogens is 305 g/mol. The maximum absolute atomic E-state index is 12.2. The zero-order chi connectivity index (χ0) is 15.3. The van der Waals surface area contributed by atoms with Crippen LogP contribution in [0.1, 0.15) is 15.9 Å². The molecule has 2 aromatic heterocycles. The fourth-order valence-corrected chi connectivity index (χ4v) is 2.15. The number of pyridine rings is 1. The summed E-state index contributed by atoms with van der Waals surface area (Å²) in [6.07, 6.45) is -3.11. The number of halogens is 3. The van der Waals surface area contributed by atoms with E-state index in [1.54, 1.807) is 29.0 Å². The molecule has 0 saturated carbocycles. The Morgan fingerprint density at radius 1 is 1.38 bits per heavy atom. The van der Waals surface area contributed by atoms with Crippen LogP contribution in [-0.2, 0) is 6.54 Å². The van der Waals surface area contributed by atoms with Crippen molar-refractivity contribution in [3.8, 4) is 5.88 Å². The number of hydrogen-bond donors (Lipinski definition) is 1. The van der Waals surface area contributed by atoms with Crippen LogP contribution in [0.25, 0.3) is 0 Å². The molecule has 0 saturated heterocycles. The second kappa shape index (κ2) is 6.57. The molecule has 0 aliphatic carbocycles. The fourth-order valence-electron chi connectivity index (χ4n) is 1.51. The van der Waals surface area contributed by atoms with Crippen molar-refractivity contribution in [3.05, 3.63) is 46.3 Å². The number of nitrogens with zero attached hydrogens (tertiary/aromatic N) is 1. The zero-order valence-corrected chi connectivity index (χ0v) is 11.5. The van der Waals surface area contributed by atoms with Crippen molar-refractivity contribution in [2.24, 2.45) is 0 Å². The summed E-state index contributed by atoms with van der Waals surface area (Å²) in [5, 5.41) is 6.05. The molecule has 0 aromatic carbocycles. The summed E-state index contributed by atoms with van der Waals surface area (Å²) >= 11 is 1.38. The third kappa shape index (κ3) is 4.75. The van der Waals surface area contributed by atoms with E-state index in [0.717, 1.165) is 0 Å². The van der Waals surface area contributed by atoms with E-state index in [4.69, 9.17) is 0 Å². The summed E-state index contributed by atoms with van der Waals surface area (Å²) in [6, 6.07) is 4.77. The van der Waals surface area contributed by atoms with Gasteiger partial charge in [-0.15, -0.1) is 0 Å². The number of alkyl halides is 3. The van der Waals surface area contributed by atoms with Gasteiger partial charge in [-0.25, -0.2) is 4.98 Å². The Hall–Kier alpha value is -2.09. The third-order valence-corrected chi connectivity index (χ3v) is 3.13. The number of ether oxygens (including phenoxy) is 1. The maximum atomic E-state index is 12.2. The van der Waals surface area contributed by atoms with Crippen molar-refractivity contribution in [1.82, 2.24) is 10.3 Å². The Kier molecular flexibility index (Phi) is 4.79. The molecule has 2 rings (SSSR count). The first kappa shape index (κ1) is 15.3. The van der Waals surface area contributed by atoms with Gasteiger partial charge >= 0.3 is 6.18 Å². The monoisotopic (exact) mass is 316 g/mol. The molecule has 8 heteroatoms. The molecule has 0 aliphatic heterocycles. The predicted molar refractivity (Wildman–Crippen MR) is 71.3 cm³/mol. The van der Waals surface area contributed by atoms with Crippen LogP contribution in [0, 0.1) is 0 Å². The molecule has 21 heavy (non-hydrogen) atoms. The van der Waals surface area contributed by atoms with E-state index in [9.17, 15) is 18.0 Å². The fraction of sp³-hybridized carbons (Fsp3) is 0.231. The number of nitrogens with one attached hydrogen (secondary N) is 1. The van der Waals surface area contributed by atoms with Gasteiger partial charge in [-0.1, -0.05) is 6.07 Å². The number of carbonyl (C=O) groups is 1. The van der Waals surface area contributed by atoms with Crippen LogP contribution in [0.4, 0.5) is 13.2 Å². The highest BCUT2D eigenvalue weighted by atomic mass is 32.1. The minimum Gasteiger partial charge on any atom is -0.468 e. The Morgan fingerprint density at radius 3 is 2.86 bits per heavy atom. The lowest BCUT2D eigenvalue weighted by molar-refractivity contribution is -0.154. The highest BCUT2D eigenvalue weighted by Crippen LogP contribution is 2.20. The largest absolute Gasteiger partial charge is 0.468 e. The maximum Gasteiger partial charge on any atom is 0.422 e. The van der Waals surface area contributed by atoms with Gasteiger partial charge in [0, 0.05) is 29.2 Å². The first-order valence-corrected chi connectivity index (χ1v) is 6.84. The molecule has 2 heterocycles. The molecule has 0 spiro atoms. The molecular formula is C13H11F3N2O2S. The molecule has 1 amide bonds. The van der Waals surface area contributed by atoms with E-state index in [2.05, 4.69) is 15.0 Å². The number of amides is 1. The topological polar surface area (TPSA) is 51.2 Å². The average Bonchev–Trinajstić information content (AvgIpc) is 2.96. The summed E-state index contributed by atoms with van der Waals surface area (Å²) in [5.41, 5.74) is 0.881. The van der Waals surface area contributed by atoms with Crippen molar-refractivity contribution in [3.63, 3.8) is 0 Å². The van der Waals surface area contributed by atoms with Gasteiger partial charge in [0.2, 0.25) is 5.88 Å². The Bertz CT molecular complexity index is 600. The summed E-state index contributed by atoms with van der Waals surface area (Å²) in [7, 11) is 0. The normalized spacial score (nSPS) is 11.2. The van der Waals surface area contributed by atoms with E-state index in [1.807, 2.05) is 0 Å². The highest BCUT2D eigenvalue weighted by Gasteiger charge is 2.29. The predicted octanol–water partition coefficient (Wildman–Crippen LogP) is 3.01. The second-order valence-corrected chi connectivity index (χ2v) is 4.85. The van der Waals surface area contributed by atoms with Gasteiger partial charge in [-0.3, -0.25) is 4.79 Å². The van der Waals surface area contributed by atoms with Crippen LogP contribution in [0.5, 0.6) is 5.88 Å². The Morgan fingerprint density at radius 2 is 2.19 bits per heavy atom. The van der Waals surface area contributed by atoms with Crippen LogP contribution in [0.3, 0.4) is 0 Å². The molecule has 0 radical (unpaired) electrons. The van der Waals surface area contributed by atoms with Gasteiger partial charge in [0.1, 0.15) is 0 Å². The van der Waals surface area contributed by atoms with E-state index >= 15 is 0 Å². The van der Waals surface area contributed by atoms with E-state index in [1.165, 1.54) is 17.5 Å². The van der Waals surface area contributed by atoms with Crippen molar-refractivity contribution in [2.75, 3.05) is 6.61 Å². The Labute approximate surface area is 122 Å². The van der Waals surface area contributed by atoms with E-state index < -0.39 is 12.8 Å². The lowest BCUT2D eigenvalue weighted by Crippen LogP contribution is -2.24. The van der Waals surface area contributed by atoms with Gasteiger partial charge in [0.05, 0.1) is 0 Å². The lowest BCUT2D eigenvalue weighted by Gasteiger charge is -2.12. The number of hydrogen-bond acceptors (Lipinski definition) is 4.